The summed E-state index contributed by atoms with van der Waals surface area (Å²) in [6.45, 7) is 4.32. The number of methoxy groups -OCH3 is 3. The van der Waals surface area contributed by atoms with Crippen molar-refractivity contribution in [2.24, 2.45) is 5.92 Å². The largest absolute Gasteiger partial charge is 0.496 e. The maximum Gasteiger partial charge on any atom is 0.243 e. The molecule has 0 saturated carbocycles. The first-order valence-corrected chi connectivity index (χ1v) is 12.3. The molecule has 1 aliphatic rings. The van der Waals surface area contributed by atoms with E-state index in [1.54, 1.807) is 45.6 Å². The molecule has 1 fully saturated rings. The standard InChI is InChI=1S/C24H32N2O6S/c1-16-14-20(7-9-21(16)30-3)33(28,29)26-12-10-18(11-13-26)24(27)25-17(2)19-6-8-22(31-4)23(15-19)32-5/h6-9,14-15,17-18H,10-13H2,1-5H3,(H,25,27)/t17-/m1/s1. The van der Waals surface area contributed by atoms with Gasteiger partial charge in [0.2, 0.25) is 15.9 Å². The maximum atomic E-state index is 13.1. The molecule has 1 aliphatic heterocycles. The van der Waals surface area contributed by atoms with Crippen LogP contribution < -0.4 is 19.5 Å². The lowest BCUT2D eigenvalue weighted by Crippen LogP contribution is -2.43. The first-order chi connectivity index (χ1) is 15.7. The van der Waals surface area contributed by atoms with Gasteiger partial charge in [-0.05, 0) is 68.1 Å². The number of hydrogen-bond donors (Lipinski definition) is 1. The molecule has 1 amide bonds. The second kappa shape index (κ2) is 10.4. The minimum absolute atomic E-state index is 0.0744. The predicted octanol–water partition coefficient (Wildman–Crippen LogP) is 3.30. The lowest BCUT2D eigenvalue weighted by atomic mass is 9.96. The summed E-state index contributed by atoms with van der Waals surface area (Å²) in [5.41, 5.74) is 1.66. The molecule has 0 aliphatic carbocycles. The number of carbonyl (C=O) groups excluding carboxylic acids is 1. The molecule has 8 nitrogen and oxygen atoms in total. The summed E-state index contributed by atoms with van der Waals surface area (Å²) in [6.07, 6.45) is 0.942. The van der Waals surface area contributed by atoms with Gasteiger partial charge in [-0.1, -0.05) is 6.07 Å². The van der Waals surface area contributed by atoms with E-state index in [2.05, 4.69) is 5.32 Å². The molecule has 33 heavy (non-hydrogen) atoms. The number of sulfonamides is 1. The maximum absolute atomic E-state index is 13.1. The molecule has 1 heterocycles. The number of benzene rings is 2. The fourth-order valence-corrected chi connectivity index (χ4v) is 5.61. The van der Waals surface area contributed by atoms with Gasteiger partial charge < -0.3 is 19.5 Å². The van der Waals surface area contributed by atoms with Crippen molar-refractivity contribution in [3.8, 4) is 17.2 Å². The van der Waals surface area contributed by atoms with Gasteiger partial charge in [0.25, 0.3) is 0 Å². The third kappa shape index (κ3) is 5.42. The van der Waals surface area contributed by atoms with Crippen LogP contribution in [-0.2, 0) is 14.8 Å². The highest BCUT2D eigenvalue weighted by molar-refractivity contribution is 7.89. The second-order valence-corrected chi connectivity index (χ2v) is 10.1. The fraction of sp³-hybridized carbons (Fsp3) is 0.458. The monoisotopic (exact) mass is 476 g/mol. The minimum Gasteiger partial charge on any atom is -0.496 e. The first kappa shape index (κ1) is 24.9. The number of amides is 1. The van der Waals surface area contributed by atoms with Crippen molar-refractivity contribution in [2.45, 2.75) is 37.6 Å². The molecule has 0 unspecified atom stereocenters. The summed E-state index contributed by atoms with van der Waals surface area (Å²) in [5.74, 6) is 1.56. The quantitative estimate of drug-likeness (QED) is 0.628. The zero-order valence-electron chi connectivity index (χ0n) is 19.8. The van der Waals surface area contributed by atoms with E-state index in [0.29, 0.717) is 43.2 Å². The molecular formula is C24H32N2O6S. The number of aryl methyl sites for hydroxylation is 1. The van der Waals surface area contributed by atoms with Crippen molar-refractivity contribution in [2.75, 3.05) is 34.4 Å². The summed E-state index contributed by atoms with van der Waals surface area (Å²) < 4.78 is 43.4. The zero-order chi connectivity index (χ0) is 24.2. The van der Waals surface area contributed by atoms with Crippen LogP contribution in [0.3, 0.4) is 0 Å². The van der Waals surface area contributed by atoms with Crippen LogP contribution in [0.25, 0.3) is 0 Å². The van der Waals surface area contributed by atoms with Crippen molar-refractivity contribution in [1.82, 2.24) is 9.62 Å². The summed E-state index contributed by atoms with van der Waals surface area (Å²) in [4.78, 5) is 13.1. The highest BCUT2D eigenvalue weighted by Gasteiger charge is 2.32. The first-order valence-electron chi connectivity index (χ1n) is 10.9. The lowest BCUT2D eigenvalue weighted by Gasteiger charge is -2.31. The number of nitrogens with zero attached hydrogens (tertiary/aromatic N) is 1. The molecule has 1 saturated heterocycles. The highest BCUT2D eigenvalue weighted by Crippen LogP contribution is 2.31. The van der Waals surface area contributed by atoms with E-state index in [-0.39, 0.29) is 22.8 Å². The third-order valence-electron chi connectivity index (χ3n) is 6.10. The molecule has 2 aromatic rings. The molecule has 0 aromatic heterocycles. The van der Waals surface area contributed by atoms with Crippen LogP contribution in [-0.4, -0.2) is 53.0 Å². The summed E-state index contributed by atoms with van der Waals surface area (Å²) in [6, 6.07) is 10.2. The topological polar surface area (TPSA) is 94.2 Å². The van der Waals surface area contributed by atoms with E-state index in [1.807, 2.05) is 26.0 Å². The fourth-order valence-electron chi connectivity index (χ4n) is 4.06. The van der Waals surface area contributed by atoms with E-state index in [4.69, 9.17) is 14.2 Å². The molecule has 180 valence electrons. The Labute approximate surface area is 195 Å². The summed E-state index contributed by atoms with van der Waals surface area (Å²) >= 11 is 0. The third-order valence-corrected chi connectivity index (χ3v) is 7.99. The van der Waals surface area contributed by atoms with E-state index in [1.165, 1.54) is 4.31 Å². The van der Waals surface area contributed by atoms with Gasteiger partial charge in [-0.2, -0.15) is 4.31 Å². The Kier molecular flexibility index (Phi) is 7.86. The van der Waals surface area contributed by atoms with Crippen molar-refractivity contribution >= 4 is 15.9 Å². The Bertz CT molecular complexity index is 1090. The molecular weight excluding hydrogens is 444 g/mol. The Balaban J connectivity index is 1.61. The number of piperidine rings is 1. The number of ether oxygens (including phenoxy) is 3. The van der Waals surface area contributed by atoms with Gasteiger partial charge in [-0.15, -0.1) is 0 Å². The van der Waals surface area contributed by atoms with Gasteiger partial charge in [0.1, 0.15) is 5.75 Å². The molecule has 2 aromatic carbocycles. The number of nitrogens with one attached hydrogen (secondary N) is 1. The Morgan fingerprint density at radius 2 is 1.58 bits per heavy atom. The van der Waals surface area contributed by atoms with E-state index < -0.39 is 10.0 Å². The Morgan fingerprint density at radius 3 is 2.15 bits per heavy atom. The van der Waals surface area contributed by atoms with Gasteiger partial charge >= 0.3 is 0 Å². The highest BCUT2D eigenvalue weighted by atomic mass is 32.2. The molecule has 3 rings (SSSR count). The SMILES string of the molecule is COc1ccc(S(=O)(=O)N2CCC(C(=O)N[C@H](C)c3ccc(OC)c(OC)c3)CC2)cc1C. The summed E-state index contributed by atoms with van der Waals surface area (Å²) in [5, 5.41) is 3.04. The molecule has 0 spiro atoms. The van der Waals surface area contributed by atoms with E-state index in [9.17, 15) is 13.2 Å². The molecule has 1 atom stereocenters. The van der Waals surface area contributed by atoms with Crippen LogP contribution in [0.1, 0.15) is 36.9 Å². The van der Waals surface area contributed by atoms with Crippen molar-refractivity contribution in [3.05, 3.63) is 47.5 Å². The summed E-state index contributed by atoms with van der Waals surface area (Å²) in [7, 11) is 1.08. The smallest absolute Gasteiger partial charge is 0.243 e. The Hall–Kier alpha value is -2.78. The minimum atomic E-state index is -3.62. The van der Waals surface area contributed by atoms with Crippen LogP contribution in [0.15, 0.2) is 41.3 Å². The van der Waals surface area contributed by atoms with E-state index in [0.717, 1.165) is 11.1 Å². The zero-order valence-corrected chi connectivity index (χ0v) is 20.6. The van der Waals surface area contributed by atoms with Gasteiger partial charge in [0, 0.05) is 19.0 Å². The Morgan fingerprint density at radius 1 is 0.970 bits per heavy atom. The molecule has 9 heteroatoms. The second-order valence-electron chi connectivity index (χ2n) is 8.15. The van der Waals surface area contributed by atoms with Crippen LogP contribution in [0, 0.1) is 12.8 Å². The van der Waals surface area contributed by atoms with Crippen molar-refractivity contribution in [3.63, 3.8) is 0 Å². The average molecular weight is 477 g/mol. The predicted molar refractivity (Wildman–Crippen MR) is 125 cm³/mol. The van der Waals surface area contributed by atoms with Gasteiger partial charge in [0.05, 0.1) is 32.3 Å². The normalized spacial score (nSPS) is 16.2. The molecule has 1 N–H and O–H groups in total. The van der Waals surface area contributed by atoms with E-state index >= 15 is 0 Å². The van der Waals surface area contributed by atoms with Crippen molar-refractivity contribution in [1.29, 1.82) is 0 Å². The number of rotatable bonds is 8. The molecule has 0 bridgehead atoms. The van der Waals surface area contributed by atoms with Gasteiger partial charge in [-0.25, -0.2) is 8.42 Å². The van der Waals surface area contributed by atoms with Crippen LogP contribution in [0.4, 0.5) is 0 Å². The van der Waals surface area contributed by atoms with Crippen LogP contribution in [0.2, 0.25) is 0 Å². The lowest BCUT2D eigenvalue weighted by molar-refractivity contribution is -0.126. The van der Waals surface area contributed by atoms with Gasteiger partial charge in [0.15, 0.2) is 11.5 Å². The number of carbonyl (C=O) groups is 1. The van der Waals surface area contributed by atoms with Crippen molar-refractivity contribution < 1.29 is 27.4 Å². The number of hydrogen-bond acceptors (Lipinski definition) is 6. The van der Waals surface area contributed by atoms with Crippen LogP contribution in [0.5, 0.6) is 17.2 Å². The van der Waals surface area contributed by atoms with Crippen LogP contribution >= 0.6 is 0 Å². The van der Waals surface area contributed by atoms with Gasteiger partial charge in [-0.3, -0.25) is 4.79 Å². The average Bonchev–Trinajstić information content (AvgIpc) is 2.83. The molecule has 0 radical (unpaired) electrons.